The summed E-state index contributed by atoms with van der Waals surface area (Å²) in [6.07, 6.45) is 4.88. The van der Waals surface area contributed by atoms with Gasteiger partial charge in [-0.1, -0.05) is 17.7 Å². The van der Waals surface area contributed by atoms with E-state index in [0.29, 0.717) is 6.54 Å². The van der Waals surface area contributed by atoms with Crippen LogP contribution in [0.1, 0.15) is 24.8 Å². The monoisotopic (exact) mass is 293 g/mol. The Hall–Kier alpha value is -0.770. The summed E-state index contributed by atoms with van der Waals surface area (Å²) in [6, 6.07) is 7.18. The van der Waals surface area contributed by atoms with Gasteiger partial charge in [-0.05, 0) is 63.0 Å². The standard InChI is InChI=1S/C16H24ClN3/c17-16-11-14(4-3-13(16)5-7-18)20-10-6-15(12-20)19-8-1-2-9-19/h3-4,11,15H,1-2,5-10,12,18H2. The first kappa shape index (κ1) is 14.2. The summed E-state index contributed by atoms with van der Waals surface area (Å²) >= 11 is 6.36. The van der Waals surface area contributed by atoms with Crippen LogP contribution < -0.4 is 10.6 Å². The Morgan fingerprint density at radius 1 is 1.20 bits per heavy atom. The Labute approximate surface area is 126 Å². The average Bonchev–Trinajstić information content (AvgIpc) is 3.11. The number of rotatable bonds is 4. The second-order valence-electron chi connectivity index (χ2n) is 5.95. The summed E-state index contributed by atoms with van der Waals surface area (Å²) in [5.74, 6) is 0. The first-order valence-corrected chi connectivity index (χ1v) is 8.13. The van der Waals surface area contributed by atoms with Gasteiger partial charge in [-0.3, -0.25) is 4.90 Å². The van der Waals surface area contributed by atoms with Crippen molar-refractivity contribution in [1.29, 1.82) is 0 Å². The molecule has 3 nitrogen and oxygen atoms in total. The maximum absolute atomic E-state index is 6.36. The van der Waals surface area contributed by atoms with Crippen molar-refractivity contribution in [2.24, 2.45) is 5.73 Å². The first-order valence-electron chi connectivity index (χ1n) is 7.75. The van der Waals surface area contributed by atoms with Crippen molar-refractivity contribution in [2.45, 2.75) is 31.7 Å². The van der Waals surface area contributed by atoms with Gasteiger partial charge in [0.15, 0.2) is 0 Å². The van der Waals surface area contributed by atoms with Crippen LogP contribution in [-0.2, 0) is 6.42 Å². The number of benzene rings is 1. The molecule has 0 aliphatic carbocycles. The molecule has 0 bridgehead atoms. The number of likely N-dealkylation sites (tertiary alicyclic amines) is 1. The number of nitrogens with zero attached hydrogens (tertiary/aromatic N) is 2. The van der Waals surface area contributed by atoms with Crippen molar-refractivity contribution in [2.75, 3.05) is 37.6 Å². The number of halogens is 1. The van der Waals surface area contributed by atoms with Crippen molar-refractivity contribution in [3.8, 4) is 0 Å². The van der Waals surface area contributed by atoms with Gasteiger partial charge < -0.3 is 10.6 Å². The van der Waals surface area contributed by atoms with E-state index in [0.717, 1.165) is 36.1 Å². The van der Waals surface area contributed by atoms with Gasteiger partial charge in [0.1, 0.15) is 0 Å². The van der Waals surface area contributed by atoms with E-state index >= 15 is 0 Å². The topological polar surface area (TPSA) is 32.5 Å². The molecule has 110 valence electrons. The van der Waals surface area contributed by atoms with E-state index in [1.54, 1.807) is 0 Å². The Balaban J connectivity index is 1.66. The fourth-order valence-corrected chi connectivity index (χ4v) is 3.74. The normalized spacial score (nSPS) is 23.7. The molecule has 2 N–H and O–H groups in total. The molecule has 0 spiro atoms. The average molecular weight is 294 g/mol. The molecule has 3 rings (SSSR count). The van der Waals surface area contributed by atoms with Crippen LogP contribution in [0, 0.1) is 0 Å². The summed E-state index contributed by atoms with van der Waals surface area (Å²) in [5.41, 5.74) is 8.02. The van der Waals surface area contributed by atoms with Gasteiger partial charge in [-0.2, -0.15) is 0 Å². The van der Waals surface area contributed by atoms with E-state index in [2.05, 4.69) is 28.0 Å². The van der Waals surface area contributed by atoms with Crippen LogP contribution in [0.3, 0.4) is 0 Å². The van der Waals surface area contributed by atoms with Gasteiger partial charge in [0.2, 0.25) is 0 Å². The van der Waals surface area contributed by atoms with Crippen LogP contribution >= 0.6 is 11.6 Å². The third-order valence-corrected chi connectivity index (χ3v) is 4.99. The Morgan fingerprint density at radius 2 is 2.00 bits per heavy atom. The zero-order valence-corrected chi connectivity index (χ0v) is 12.8. The van der Waals surface area contributed by atoms with Crippen molar-refractivity contribution in [3.05, 3.63) is 28.8 Å². The highest BCUT2D eigenvalue weighted by atomic mass is 35.5. The van der Waals surface area contributed by atoms with Crippen LogP contribution in [0.25, 0.3) is 0 Å². The van der Waals surface area contributed by atoms with Gasteiger partial charge in [-0.15, -0.1) is 0 Å². The highest BCUT2D eigenvalue weighted by molar-refractivity contribution is 6.31. The summed E-state index contributed by atoms with van der Waals surface area (Å²) in [5, 5.41) is 0.859. The highest BCUT2D eigenvalue weighted by Crippen LogP contribution is 2.28. The molecule has 1 aromatic carbocycles. The number of nitrogens with two attached hydrogens (primary N) is 1. The van der Waals surface area contributed by atoms with E-state index in [9.17, 15) is 0 Å². The molecular weight excluding hydrogens is 270 g/mol. The third-order valence-electron chi connectivity index (χ3n) is 4.64. The quantitative estimate of drug-likeness (QED) is 0.926. The number of anilines is 1. The van der Waals surface area contributed by atoms with Gasteiger partial charge in [0.05, 0.1) is 0 Å². The number of hydrogen-bond donors (Lipinski definition) is 1. The second-order valence-corrected chi connectivity index (χ2v) is 6.35. The lowest BCUT2D eigenvalue weighted by molar-refractivity contribution is 0.260. The summed E-state index contributed by atoms with van der Waals surface area (Å²) in [7, 11) is 0. The molecule has 0 saturated carbocycles. The molecule has 2 saturated heterocycles. The molecule has 0 amide bonds. The number of hydrogen-bond acceptors (Lipinski definition) is 3. The maximum Gasteiger partial charge on any atom is 0.0459 e. The minimum Gasteiger partial charge on any atom is -0.370 e. The minimum atomic E-state index is 0.653. The van der Waals surface area contributed by atoms with E-state index in [-0.39, 0.29) is 0 Å². The minimum absolute atomic E-state index is 0.653. The van der Waals surface area contributed by atoms with Gasteiger partial charge >= 0.3 is 0 Å². The molecule has 2 heterocycles. The zero-order valence-electron chi connectivity index (χ0n) is 12.0. The predicted octanol–water partition coefficient (Wildman–Crippen LogP) is 2.52. The molecule has 4 heteroatoms. The summed E-state index contributed by atoms with van der Waals surface area (Å²) in [4.78, 5) is 5.13. The first-order chi connectivity index (χ1) is 9.78. The molecule has 1 atom stereocenters. The summed E-state index contributed by atoms with van der Waals surface area (Å²) < 4.78 is 0. The SMILES string of the molecule is NCCc1ccc(N2CCC(N3CCCC3)C2)cc1Cl. The third kappa shape index (κ3) is 2.95. The van der Waals surface area contributed by atoms with Crippen LogP contribution in [0.15, 0.2) is 18.2 Å². The molecule has 2 aliphatic rings. The molecule has 0 radical (unpaired) electrons. The Morgan fingerprint density at radius 3 is 2.70 bits per heavy atom. The lowest BCUT2D eigenvalue weighted by Gasteiger charge is -2.24. The zero-order chi connectivity index (χ0) is 13.9. The van der Waals surface area contributed by atoms with Crippen LogP contribution in [0.5, 0.6) is 0 Å². The van der Waals surface area contributed by atoms with Gasteiger partial charge in [0.25, 0.3) is 0 Å². The second kappa shape index (κ2) is 6.33. The van der Waals surface area contributed by atoms with E-state index in [4.69, 9.17) is 17.3 Å². The van der Waals surface area contributed by atoms with Crippen molar-refractivity contribution >= 4 is 17.3 Å². The predicted molar refractivity (Wildman–Crippen MR) is 85.6 cm³/mol. The van der Waals surface area contributed by atoms with E-state index in [1.807, 2.05) is 0 Å². The van der Waals surface area contributed by atoms with Crippen LogP contribution in [0.2, 0.25) is 5.02 Å². The van der Waals surface area contributed by atoms with Crippen LogP contribution in [0.4, 0.5) is 5.69 Å². The maximum atomic E-state index is 6.36. The van der Waals surface area contributed by atoms with Crippen molar-refractivity contribution in [1.82, 2.24) is 4.90 Å². The Kier molecular flexibility index (Phi) is 4.49. The lowest BCUT2D eigenvalue weighted by atomic mass is 10.1. The molecule has 0 aromatic heterocycles. The van der Waals surface area contributed by atoms with E-state index in [1.165, 1.54) is 38.0 Å². The van der Waals surface area contributed by atoms with Crippen molar-refractivity contribution < 1.29 is 0 Å². The molecule has 1 unspecified atom stereocenters. The van der Waals surface area contributed by atoms with Gasteiger partial charge in [-0.25, -0.2) is 0 Å². The fraction of sp³-hybridized carbons (Fsp3) is 0.625. The fourth-order valence-electron chi connectivity index (χ4n) is 3.47. The summed E-state index contributed by atoms with van der Waals surface area (Å²) in [6.45, 7) is 5.52. The molecule has 1 aromatic rings. The molecule has 20 heavy (non-hydrogen) atoms. The lowest BCUT2D eigenvalue weighted by Crippen LogP contribution is -2.35. The highest BCUT2D eigenvalue weighted by Gasteiger charge is 2.29. The van der Waals surface area contributed by atoms with Gasteiger partial charge in [0, 0.05) is 29.8 Å². The molecular formula is C16H24ClN3. The smallest absolute Gasteiger partial charge is 0.0459 e. The largest absolute Gasteiger partial charge is 0.370 e. The van der Waals surface area contributed by atoms with Crippen molar-refractivity contribution in [3.63, 3.8) is 0 Å². The van der Waals surface area contributed by atoms with E-state index < -0.39 is 0 Å². The Bertz CT molecular complexity index is 457. The molecule has 2 aliphatic heterocycles. The molecule has 2 fully saturated rings. The van der Waals surface area contributed by atoms with Crippen LogP contribution in [-0.4, -0.2) is 43.7 Å².